The lowest BCUT2D eigenvalue weighted by molar-refractivity contribution is -0.114. The van der Waals surface area contributed by atoms with Gasteiger partial charge in [-0.2, -0.15) is 0 Å². The van der Waals surface area contributed by atoms with Crippen molar-refractivity contribution in [3.63, 3.8) is 0 Å². The van der Waals surface area contributed by atoms with Crippen LogP contribution >= 0.6 is 23.1 Å². The number of hydrogen-bond acceptors (Lipinski definition) is 5. The Labute approximate surface area is 144 Å². The van der Waals surface area contributed by atoms with Crippen LogP contribution in [0.25, 0.3) is 10.2 Å². The topological polar surface area (TPSA) is 52.0 Å². The highest BCUT2D eigenvalue weighted by atomic mass is 32.2. The van der Waals surface area contributed by atoms with Gasteiger partial charge < -0.3 is 0 Å². The third-order valence-corrected chi connectivity index (χ3v) is 6.75. The van der Waals surface area contributed by atoms with Crippen LogP contribution in [-0.2, 0) is 4.79 Å². The van der Waals surface area contributed by atoms with Crippen LogP contribution in [0.4, 0.5) is 0 Å². The molecular formula is C17H22N2O2S2. The highest BCUT2D eigenvalue weighted by Gasteiger charge is 2.24. The standard InChI is InChI=1S/C17H22N2O2S2/c1-10(20)9-22-17-18-15-14(11(2)12(3)23-15)16(21)19(17)13-7-5-4-6-8-13/h13H,4-9H2,1-3H3. The van der Waals surface area contributed by atoms with E-state index >= 15 is 0 Å². The average molecular weight is 351 g/mol. The first-order chi connectivity index (χ1) is 11.0. The van der Waals surface area contributed by atoms with E-state index < -0.39 is 0 Å². The van der Waals surface area contributed by atoms with E-state index in [2.05, 4.69) is 0 Å². The lowest BCUT2D eigenvalue weighted by atomic mass is 9.95. The van der Waals surface area contributed by atoms with Gasteiger partial charge >= 0.3 is 0 Å². The quantitative estimate of drug-likeness (QED) is 0.611. The van der Waals surface area contributed by atoms with Gasteiger partial charge in [-0.1, -0.05) is 31.0 Å². The molecule has 1 saturated carbocycles. The van der Waals surface area contributed by atoms with Crippen LogP contribution in [0.1, 0.15) is 55.5 Å². The van der Waals surface area contributed by atoms with Crippen molar-refractivity contribution in [3.05, 3.63) is 20.8 Å². The summed E-state index contributed by atoms with van der Waals surface area (Å²) in [4.78, 5) is 31.2. The second-order valence-corrected chi connectivity index (χ2v) is 8.46. The first-order valence-corrected chi connectivity index (χ1v) is 9.93. The van der Waals surface area contributed by atoms with Crippen LogP contribution in [0.2, 0.25) is 0 Å². The summed E-state index contributed by atoms with van der Waals surface area (Å²) in [6.45, 7) is 5.62. The first-order valence-electron chi connectivity index (χ1n) is 8.13. The summed E-state index contributed by atoms with van der Waals surface area (Å²) in [6.07, 6.45) is 5.63. The summed E-state index contributed by atoms with van der Waals surface area (Å²) in [5.41, 5.74) is 1.13. The molecule has 0 aliphatic heterocycles. The molecule has 0 atom stereocenters. The van der Waals surface area contributed by atoms with E-state index in [9.17, 15) is 9.59 Å². The molecule has 1 fully saturated rings. The Hall–Kier alpha value is -1.14. The molecule has 3 rings (SSSR count). The molecule has 0 bridgehead atoms. The zero-order valence-corrected chi connectivity index (χ0v) is 15.5. The summed E-state index contributed by atoms with van der Waals surface area (Å²) in [5.74, 6) is 0.478. The Morgan fingerprint density at radius 3 is 2.65 bits per heavy atom. The van der Waals surface area contributed by atoms with E-state index in [0.717, 1.165) is 46.3 Å². The number of nitrogens with zero attached hydrogens (tertiary/aromatic N) is 2. The summed E-state index contributed by atoms with van der Waals surface area (Å²) >= 11 is 2.98. The molecule has 0 amide bonds. The van der Waals surface area contributed by atoms with Gasteiger partial charge in [0.25, 0.3) is 5.56 Å². The Bertz CT molecular complexity index is 801. The molecule has 0 aromatic carbocycles. The van der Waals surface area contributed by atoms with Crippen molar-refractivity contribution in [2.24, 2.45) is 0 Å². The summed E-state index contributed by atoms with van der Waals surface area (Å²) in [7, 11) is 0. The maximum atomic E-state index is 13.2. The van der Waals surface area contributed by atoms with Gasteiger partial charge in [-0.3, -0.25) is 14.2 Å². The predicted molar refractivity (Wildman–Crippen MR) is 96.9 cm³/mol. The van der Waals surface area contributed by atoms with E-state index in [0.29, 0.717) is 10.9 Å². The third-order valence-electron chi connectivity index (χ3n) is 4.55. The largest absolute Gasteiger partial charge is 0.299 e. The van der Waals surface area contributed by atoms with Crippen LogP contribution in [-0.4, -0.2) is 21.1 Å². The minimum absolute atomic E-state index is 0.0785. The van der Waals surface area contributed by atoms with Gasteiger partial charge in [-0.05, 0) is 39.2 Å². The second-order valence-electron chi connectivity index (χ2n) is 6.32. The Morgan fingerprint density at radius 1 is 1.30 bits per heavy atom. The number of rotatable bonds is 4. The number of aromatic nitrogens is 2. The molecule has 6 heteroatoms. The van der Waals surface area contributed by atoms with Gasteiger partial charge in [-0.25, -0.2) is 4.98 Å². The highest BCUT2D eigenvalue weighted by molar-refractivity contribution is 7.99. The van der Waals surface area contributed by atoms with E-state index in [4.69, 9.17) is 4.98 Å². The van der Waals surface area contributed by atoms with E-state index in [1.807, 2.05) is 18.4 Å². The number of ketones is 1. The fourth-order valence-corrected chi connectivity index (χ4v) is 5.15. The van der Waals surface area contributed by atoms with Crippen molar-refractivity contribution in [1.29, 1.82) is 0 Å². The van der Waals surface area contributed by atoms with Gasteiger partial charge in [-0.15, -0.1) is 11.3 Å². The summed E-state index contributed by atoms with van der Waals surface area (Å²) < 4.78 is 1.88. The SMILES string of the molecule is CC(=O)CSc1nc2sc(C)c(C)c2c(=O)n1C1CCCCC1. The molecule has 1 aliphatic rings. The Balaban J connectivity index is 2.17. The number of carbonyl (C=O) groups excluding carboxylic acids is 1. The lowest BCUT2D eigenvalue weighted by Crippen LogP contribution is -2.29. The van der Waals surface area contributed by atoms with Crippen molar-refractivity contribution >= 4 is 39.1 Å². The zero-order valence-electron chi connectivity index (χ0n) is 13.8. The van der Waals surface area contributed by atoms with Crippen molar-refractivity contribution in [2.45, 2.75) is 64.1 Å². The van der Waals surface area contributed by atoms with Crippen molar-refractivity contribution < 1.29 is 4.79 Å². The molecule has 0 unspecified atom stereocenters. The fraction of sp³-hybridized carbons (Fsp3) is 0.588. The van der Waals surface area contributed by atoms with Crippen molar-refractivity contribution in [3.8, 4) is 0 Å². The molecule has 4 nitrogen and oxygen atoms in total. The monoisotopic (exact) mass is 350 g/mol. The Kier molecular flexibility index (Phi) is 4.92. The van der Waals surface area contributed by atoms with Gasteiger partial charge in [0.2, 0.25) is 0 Å². The number of hydrogen-bond donors (Lipinski definition) is 0. The maximum absolute atomic E-state index is 13.2. The lowest BCUT2D eigenvalue weighted by Gasteiger charge is -2.25. The predicted octanol–water partition coefficient (Wildman–Crippen LogP) is 4.26. The van der Waals surface area contributed by atoms with E-state index in [1.165, 1.54) is 18.2 Å². The number of carbonyl (C=O) groups is 1. The molecule has 0 radical (unpaired) electrons. The fourth-order valence-electron chi connectivity index (χ4n) is 3.22. The van der Waals surface area contributed by atoms with Crippen LogP contribution in [0.5, 0.6) is 0 Å². The molecule has 23 heavy (non-hydrogen) atoms. The van der Waals surface area contributed by atoms with Crippen LogP contribution in [0.15, 0.2) is 9.95 Å². The molecule has 0 saturated heterocycles. The molecular weight excluding hydrogens is 328 g/mol. The van der Waals surface area contributed by atoms with Gasteiger partial charge in [0, 0.05) is 10.9 Å². The first kappa shape index (κ1) is 16.7. The van der Waals surface area contributed by atoms with Gasteiger partial charge in [0.05, 0.1) is 11.1 Å². The van der Waals surface area contributed by atoms with Crippen molar-refractivity contribution in [2.75, 3.05) is 5.75 Å². The van der Waals surface area contributed by atoms with Gasteiger partial charge in [0.15, 0.2) is 5.16 Å². The van der Waals surface area contributed by atoms with Crippen LogP contribution in [0.3, 0.4) is 0 Å². The zero-order chi connectivity index (χ0) is 16.6. The molecule has 0 spiro atoms. The Morgan fingerprint density at radius 2 is 2.00 bits per heavy atom. The normalized spacial score (nSPS) is 16.1. The average Bonchev–Trinajstić information content (AvgIpc) is 2.81. The molecule has 124 valence electrons. The van der Waals surface area contributed by atoms with E-state index in [-0.39, 0.29) is 17.4 Å². The van der Waals surface area contributed by atoms with Gasteiger partial charge in [0.1, 0.15) is 10.6 Å². The molecule has 0 N–H and O–H groups in total. The maximum Gasteiger partial charge on any atom is 0.263 e. The molecule has 2 heterocycles. The van der Waals surface area contributed by atoms with E-state index in [1.54, 1.807) is 18.3 Å². The third kappa shape index (κ3) is 3.24. The molecule has 2 aromatic rings. The van der Waals surface area contributed by atoms with Crippen molar-refractivity contribution in [1.82, 2.24) is 9.55 Å². The molecule has 2 aromatic heterocycles. The summed E-state index contributed by atoms with van der Waals surface area (Å²) in [6, 6.07) is 0.224. The van der Waals surface area contributed by atoms with Crippen LogP contribution < -0.4 is 5.56 Å². The number of thiophene rings is 1. The highest BCUT2D eigenvalue weighted by Crippen LogP contribution is 2.33. The minimum Gasteiger partial charge on any atom is -0.299 e. The minimum atomic E-state index is 0.0785. The smallest absolute Gasteiger partial charge is 0.263 e. The molecule has 1 aliphatic carbocycles. The number of fused-ring (bicyclic) bond motifs is 1. The number of thioether (sulfide) groups is 1. The second kappa shape index (κ2) is 6.77. The summed E-state index contributed by atoms with van der Waals surface area (Å²) in [5, 5.41) is 1.48. The number of aryl methyl sites for hydroxylation is 2. The number of Topliss-reactive ketones (excluding diaryl/α,β-unsaturated/α-hetero) is 1. The van der Waals surface area contributed by atoms with Crippen LogP contribution in [0, 0.1) is 13.8 Å².